The molecule has 3 heterocycles. The topological polar surface area (TPSA) is 54.5 Å². The minimum absolute atomic E-state index is 0.877. The normalized spacial score (nSPS) is 11.0. The molecule has 3 aromatic heterocycles. The third kappa shape index (κ3) is 1.71. The number of aromatic amines is 1. The number of aromatic nitrogens is 4. The molecule has 0 aliphatic carbocycles. The highest BCUT2D eigenvalue weighted by atomic mass is 32.1. The standard InChI is InChI=1S/C15H10N4S/c1-2-7-13-10(5-1)14(18-17-13)15-11(9-20-19-15)12-6-3-4-8-16-12/h1-9H,(H,17,18). The van der Waals surface area contributed by atoms with Gasteiger partial charge in [-0.05, 0) is 29.7 Å². The number of rotatable bonds is 2. The fourth-order valence-corrected chi connectivity index (χ4v) is 2.94. The predicted molar refractivity (Wildman–Crippen MR) is 80.4 cm³/mol. The van der Waals surface area contributed by atoms with Crippen molar-refractivity contribution < 1.29 is 0 Å². The minimum Gasteiger partial charge on any atom is -0.277 e. The number of H-pyrrole nitrogens is 1. The first-order valence-electron chi connectivity index (χ1n) is 6.23. The molecule has 4 rings (SSSR count). The van der Waals surface area contributed by atoms with Crippen molar-refractivity contribution in [3.63, 3.8) is 0 Å². The number of nitrogens with one attached hydrogen (secondary N) is 1. The molecule has 0 radical (unpaired) electrons. The maximum Gasteiger partial charge on any atom is 0.120 e. The van der Waals surface area contributed by atoms with Gasteiger partial charge in [0.05, 0.1) is 11.2 Å². The van der Waals surface area contributed by atoms with Crippen LogP contribution >= 0.6 is 11.5 Å². The number of pyridine rings is 1. The van der Waals surface area contributed by atoms with Crippen LogP contribution in [0.15, 0.2) is 54.0 Å². The van der Waals surface area contributed by atoms with Crippen molar-refractivity contribution in [2.45, 2.75) is 0 Å². The first-order valence-corrected chi connectivity index (χ1v) is 7.06. The molecule has 1 aromatic carbocycles. The van der Waals surface area contributed by atoms with Gasteiger partial charge in [0.2, 0.25) is 0 Å². The molecule has 1 N–H and O–H groups in total. The van der Waals surface area contributed by atoms with Crippen molar-refractivity contribution >= 4 is 22.4 Å². The van der Waals surface area contributed by atoms with Crippen LogP contribution in [0.1, 0.15) is 0 Å². The van der Waals surface area contributed by atoms with Crippen LogP contribution in [-0.2, 0) is 0 Å². The second-order valence-corrected chi connectivity index (χ2v) is 5.04. The van der Waals surface area contributed by atoms with Crippen molar-refractivity contribution in [1.82, 2.24) is 19.6 Å². The Hall–Kier alpha value is -2.53. The van der Waals surface area contributed by atoms with E-state index < -0.39 is 0 Å². The number of fused-ring (bicyclic) bond motifs is 1. The van der Waals surface area contributed by atoms with E-state index >= 15 is 0 Å². The molecule has 4 aromatic rings. The van der Waals surface area contributed by atoms with E-state index in [1.54, 1.807) is 6.20 Å². The third-order valence-corrected chi connectivity index (χ3v) is 3.83. The maximum atomic E-state index is 4.50. The summed E-state index contributed by atoms with van der Waals surface area (Å²) < 4.78 is 4.50. The lowest BCUT2D eigenvalue weighted by Crippen LogP contribution is -1.85. The average molecular weight is 278 g/mol. The lowest BCUT2D eigenvalue weighted by Gasteiger charge is -1.99. The highest BCUT2D eigenvalue weighted by molar-refractivity contribution is 7.04. The summed E-state index contributed by atoms with van der Waals surface area (Å²) >= 11 is 1.42. The smallest absolute Gasteiger partial charge is 0.120 e. The first-order chi connectivity index (χ1) is 9.93. The van der Waals surface area contributed by atoms with Gasteiger partial charge in [-0.25, -0.2) is 0 Å². The van der Waals surface area contributed by atoms with Gasteiger partial charge < -0.3 is 0 Å². The summed E-state index contributed by atoms with van der Waals surface area (Å²) in [5, 5.41) is 10.6. The summed E-state index contributed by atoms with van der Waals surface area (Å²) in [6, 6.07) is 13.9. The number of hydrogen-bond acceptors (Lipinski definition) is 4. The van der Waals surface area contributed by atoms with Gasteiger partial charge in [0.15, 0.2) is 0 Å². The van der Waals surface area contributed by atoms with E-state index in [2.05, 4.69) is 25.6 Å². The van der Waals surface area contributed by atoms with E-state index in [-0.39, 0.29) is 0 Å². The second-order valence-electron chi connectivity index (χ2n) is 4.41. The summed E-state index contributed by atoms with van der Waals surface area (Å²) in [5.41, 5.74) is 4.72. The van der Waals surface area contributed by atoms with Crippen LogP contribution < -0.4 is 0 Å². The largest absolute Gasteiger partial charge is 0.277 e. The second kappa shape index (κ2) is 4.54. The molecule has 0 fully saturated rings. The van der Waals surface area contributed by atoms with Crippen molar-refractivity contribution in [2.24, 2.45) is 0 Å². The zero-order valence-electron chi connectivity index (χ0n) is 10.4. The molecule has 0 atom stereocenters. The van der Waals surface area contributed by atoms with Gasteiger partial charge in [0.25, 0.3) is 0 Å². The fraction of sp³-hybridized carbons (Fsp3) is 0. The third-order valence-electron chi connectivity index (χ3n) is 3.21. The monoisotopic (exact) mass is 278 g/mol. The molecule has 0 amide bonds. The quantitative estimate of drug-likeness (QED) is 0.607. The molecule has 0 saturated heterocycles. The molecular weight excluding hydrogens is 268 g/mol. The Labute approximate surface area is 119 Å². The summed E-state index contributed by atoms with van der Waals surface area (Å²) in [6.45, 7) is 0. The van der Waals surface area contributed by atoms with E-state index in [1.807, 2.05) is 41.8 Å². The van der Waals surface area contributed by atoms with Crippen molar-refractivity contribution in [3.05, 3.63) is 54.0 Å². The number of hydrogen-bond donors (Lipinski definition) is 1. The lowest BCUT2D eigenvalue weighted by atomic mass is 10.1. The van der Waals surface area contributed by atoms with Crippen LogP contribution in [0.3, 0.4) is 0 Å². The molecular formula is C15H10N4S. The lowest BCUT2D eigenvalue weighted by molar-refractivity contribution is 1.12. The molecule has 0 unspecified atom stereocenters. The summed E-state index contributed by atoms with van der Waals surface area (Å²) in [7, 11) is 0. The molecule has 0 bridgehead atoms. The Morgan fingerprint density at radius 2 is 1.85 bits per heavy atom. The minimum atomic E-state index is 0.877. The Morgan fingerprint density at radius 1 is 0.950 bits per heavy atom. The number of benzene rings is 1. The van der Waals surface area contributed by atoms with Gasteiger partial charge >= 0.3 is 0 Å². The number of para-hydroxylation sites is 1. The Bertz CT molecular complexity index is 864. The predicted octanol–water partition coefficient (Wildman–Crippen LogP) is 3.75. The Kier molecular flexibility index (Phi) is 2.57. The van der Waals surface area contributed by atoms with Crippen LogP contribution in [0.25, 0.3) is 33.5 Å². The molecule has 0 aliphatic rings. The van der Waals surface area contributed by atoms with Gasteiger partial charge in [-0.2, -0.15) is 9.47 Å². The highest BCUT2D eigenvalue weighted by Crippen LogP contribution is 2.33. The van der Waals surface area contributed by atoms with Gasteiger partial charge in [0, 0.05) is 22.5 Å². The van der Waals surface area contributed by atoms with E-state index in [9.17, 15) is 0 Å². The van der Waals surface area contributed by atoms with E-state index in [4.69, 9.17) is 0 Å². The summed E-state index contributed by atoms with van der Waals surface area (Å²) in [4.78, 5) is 4.40. The van der Waals surface area contributed by atoms with Crippen molar-refractivity contribution in [1.29, 1.82) is 0 Å². The molecule has 0 aliphatic heterocycles. The molecule has 96 valence electrons. The van der Waals surface area contributed by atoms with Gasteiger partial charge in [-0.15, -0.1) is 0 Å². The molecule has 0 saturated carbocycles. The maximum absolute atomic E-state index is 4.50. The van der Waals surface area contributed by atoms with Crippen LogP contribution in [0.5, 0.6) is 0 Å². The molecule has 0 spiro atoms. The average Bonchev–Trinajstić information content (AvgIpc) is 3.14. The van der Waals surface area contributed by atoms with E-state index in [0.29, 0.717) is 0 Å². The van der Waals surface area contributed by atoms with E-state index in [0.717, 1.165) is 33.5 Å². The zero-order chi connectivity index (χ0) is 13.4. The zero-order valence-corrected chi connectivity index (χ0v) is 11.3. The van der Waals surface area contributed by atoms with Crippen LogP contribution in [0, 0.1) is 0 Å². The summed E-state index contributed by atoms with van der Waals surface area (Å²) in [6.07, 6.45) is 1.79. The SMILES string of the molecule is c1ccc(-c2csnc2-c2n[nH]c3ccccc23)nc1. The van der Waals surface area contributed by atoms with Crippen LogP contribution in [0.4, 0.5) is 0 Å². The van der Waals surface area contributed by atoms with Gasteiger partial charge in [0.1, 0.15) is 11.4 Å². The molecule has 5 heteroatoms. The highest BCUT2D eigenvalue weighted by Gasteiger charge is 2.16. The van der Waals surface area contributed by atoms with Crippen molar-refractivity contribution in [3.8, 4) is 22.6 Å². The fourth-order valence-electron chi connectivity index (χ4n) is 2.26. The molecule has 4 nitrogen and oxygen atoms in total. The first kappa shape index (κ1) is 11.3. The van der Waals surface area contributed by atoms with Crippen LogP contribution in [-0.4, -0.2) is 19.6 Å². The molecule has 20 heavy (non-hydrogen) atoms. The van der Waals surface area contributed by atoms with E-state index in [1.165, 1.54) is 11.5 Å². The van der Waals surface area contributed by atoms with Gasteiger partial charge in [-0.1, -0.05) is 24.3 Å². The number of nitrogens with zero attached hydrogens (tertiary/aromatic N) is 3. The Morgan fingerprint density at radius 3 is 2.75 bits per heavy atom. The van der Waals surface area contributed by atoms with Crippen LogP contribution in [0.2, 0.25) is 0 Å². The van der Waals surface area contributed by atoms with Crippen molar-refractivity contribution in [2.75, 3.05) is 0 Å². The summed E-state index contributed by atoms with van der Waals surface area (Å²) in [5.74, 6) is 0. The van der Waals surface area contributed by atoms with Gasteiger partial charge in [-0.3, -0.25) is 10.1 Å². The Balaban J connectivity index is 1.94.